The zero-order valence-corrected chi connectivity index (χ0v) is 10.7. The van der Waals surface area contributed by atoms with Gasteiger partial charge in [0.15, 0.2) is 0 Å². The van der Waals surface area contributed by atoms with E-state index in [0.29, 0.717) is 5.56 Å². The number of nitrogens with two attached hydrogens (primary N) is 1. The predicted octanol–water partition coefficient (Wildman–Crippen LogP) is 2.78. The van der Waals surface area contributed by atoms with Crippen molar-refractivity contribution in [1.82, 2.24) is 0 Å². The topological polar surface area (TPSA) is 55.5 Å². The zero-order chi connectivity index (χ0) is 13.3. The van der Waals surface area contributed by atoms with Gasteiger partial charge in [-0.05, 0) is 31.5 Å². The highest BCUT2D eigenvalue weighted by molar-refractivity contribution is 5.85. The number of benzene rings is 1. The minimum absolute atomic E-state index is 0. The minimum Gasteiger partial charge on any atom is -0.406 e. The quantitative estimate of drug-likeness (QED) is 0.898. The molecule has 3 nitrogen and oxygen atoms in total. The van der Waals surface area contributed by atoms with Crippen molar-refractivity contribution in [2.24, 2.45) is 5.73 Å². The van der Waals surface area contributed by atoms with Gasteiger partial charge < -0.3 is 15.6 Å². The lowest BCUT2D eigenvalue weighted by Crippen LogP contribution is -2.35. The molecule has 18 heavy (non-hydrogen) atoms. The number of aliphatic hydroxyl groups is 1. The maximum absolute atomic E-state index is 11.9. The third-order valence-corrected chi connectivity index (χ3v) is 2.23. The number of alkyl halides is 3. The highest BCUT2D eigenvalue weighted by Gasteiger charge is 2.31. The lowest BCUT2D eigenvalue weighted by atomic mass is 9.93. The van der Waals surface area contributed by atoms with E-state index >= 15 is 0 Å². The Kier molecular flexibility index (Phi) is 5.46. The van der Waals surface area contributed by atoms with Gasteiger partial charge in [0.05, 0.1) is 11.6 Å². The minimum atomic E-state index is -4.71. The highest BCUT2D eigenvalue weighted by Crippen LogP contribution is 2.27. The molecule has 0 saturated heterocycles. The third kappa shape index (κ3) is 5.12. The largest absolute Gasteiger partial charge is 0.573 e. The van der Waals surface area contributed by atoms with Gasteiger partial charge in [-0.1, -0.05) is 12.1 Å². The average Bonchev–Trinajstić information content (AvgIpc) is 2.14. The molecular weight excluding hydrogens is 271 g/mol. The van der Waals surface area contributed by atoms with Crippen LogP contribution in [0.5, 0.6) is 5.75 Å². The number of halogens is 4. The van der Waals surface area contributed by atoms with Gasteiger partial charge in [0.1, 0.15) is 5.75 Å². The van der Waals surface area contributed by atoms with Gasteiger partial charge in [-0.15, -0.1) is 25.6 Å². The first-order valence-electron chi connectivity index (χ1n) is 4.93. The first-order chi connectivity index (χ1) is 7.59. The molecule has 0 aliphatic carbocycles. The summed E-state index contributed by atoms with van der Waals surface area (Å²) in [6, 6.07) is 4.43. The highest BCUT2D eigenvalue weighted by atomic mass is 35.5. The van der Waals surface area contributed by atoms with Gasteiger partial charge in [-0.2, -0.15) is 0 Å². The molecule has 0 fully saturated rings. The molecular formula is C11H15ClF3NO2. The standard InChI is InChI=1S/C11H14F3NO2.ClH/c1-10(2,16)9(15)7-3-5-8(6-4-7)17-11(12,13)14;/h3-6,9,16H,15H2,1-2H3;1H. The molecule has 3 N–H and O–H groups in total. The van der Waals surface area contributed by atoms with Crippen LogP contribution in [0.15, 0.2) is 24.3 Å². The van der Waals surface area contributed by atoms with Crippen LogP contribution in [0, 0.1) is 0 Å². The molecule has 0 heterocycles. The van der Waals surface area contributed by atoms with Crippen LogP contribution in [-0.2, 0) is 0 Å². The zero-order valence-electron chi connectivity index (χ0n) is 9.86. The Morgan fingerprint density at radius 2 is 1.61 bits per heavy atom. The second-order valence-corrected chi connectivity index (χ2v) is 4.25. The maximum atomic E-state index is 11.9. The van der Waals surface area contributed by atoms with Crippen molar-refractivity contribution in [3.05, 3.63) is 29.8 Å². The van der Waals surface area contributed by atoms with E-state index in [2.05, 4.69) is 4.74 Å². The van der Waals surface area contributed by atoms with E-state index in [4.69, 9.17) is 5.73 Å². The molecule has 0 amide bonds. The van der Waals surface area contributed by atoms with E-state index in [1.807, 2.05) is 0 Å². The molecule has 1 aromatic carbocycles. The van der Waals surface area contributed by atoms with Crippen LogP contribution < -0.4 is 10.5 Å². The molecule has 1 unspecified atom stereocenters. The van der Waals surface area contributed by atoms with Crippen LogP contribution in [0.1, 0.15) is 25.5 Å². The molecule has 0 aliphatic heterocycles. The van der Waals surface area contributed by atoms with Gasteiger partial charge >= 0.3 is 6.36 Å². The fourth-order valence-electron chi connectivity index (χ4n) is 1.28. The van der Waals surface area contributed by atoms with Crippen molar-refractivity contribution in [3.63, 3.8) is 0 Å². The molecule has 1 atom stereocenters. The molecule has 0 bridgehead atoms. The smallest absolute Gasteiger partial charge is 0.406 e. The summed E-state index contributed by atoms with van der Waals surface area (Å²) in [5.74, 6) is -0.316. The van der Waals surface area contributed by atoms with Crippen molar-refractivity contribution >= 4 is 12.4 Å². The van der Waals surface area contributed by atoms with E-state index in [9.17, 15) is 18.3 Å². The Morgan fingerprint density at radius 1 is 1.17 bits per heavy atom. The van der Waals surface area contributed by atoms with Gasteiger partial charge in [-0.3, -0.25) is 0 Å². The van der Waals surface area contributed by atoms with E-state index < -0.39 is 18.0 Å². The van der Waals surface area contributed by atoms with E-state index in [-0.39, 0.29) is 18.2 Å². The molecule has 0 saturated carbocycles. The third-order valence-electron chi connectivity index (χ3n) is 2.23. The Hall–Kier alpha value is -0.980. The van der Waals surface area contributed by atoms with Gasteiger partial charge in [0.2, 0.25) is 0 Å². The molecule has 0 spiro atoms. The first-order valence-corrected chi connectivity index (χ1v) is 4.93. The van der Waals surface area contributed by atoms with Crippen molar-refractivity contribution in [3.8, 4) is 5.75 Å². The SMILES string of the molecule is CC(C)(O)C(N)c1ccc(OC(F)(F)F)cc1.Cl. The first kappa shape index (κ1) is 17.0. The molecule has 0 aromatic heterocycles. The van der Waals surface area contributed by atoms with Crippen molar-refractivity contribution < 1.29 is 23.0 Å². The van der Waals surface area contributed by atoms with Gasteiger partial charge in [0.25, 0.3) is 0 Å². The molecule has 104 valence electrons. The van der Waals surface area contributed by atoms with Crippen LogP contribution in [0.25, 0.3) is 0 Å². The fraction of sp³-hybridized carbons (Fsp3) is 0.455. The molecule has 1 rings (SSSR count). The van der Waals surface area contributed by atoms with E-state index in [1.54, 1.807) is 0 Å². The summed E-state index contributed by atoms with van der Waals surface area (Å²) in [7, 11) is 0. The summed E-state index contributed by atoms with van der Waals surface area (Å²) in [5, 5.41) is 9.66. The maximum Gasteiger partial charge on any atom is 0.573 e. The second-order valence-electron chi connectivity index (χ2n) is 4.25. The molecule has 7 heteroatoms. The van der Waals surface area contributed by atoms with E-state index in [0.717, 1.165) is 12.1 Å². The lowest BCUT2D eigenvalue weighted by Gasteiger charge is -2.26. The van der Waals surface area contributed by atoms with Crippen molar-refractivity contribution in [1.29, 1.82) is 0 Å². The van der Waals surface area contributed by atoms with Gasteiger partial charge in [-0.25, -0.2) is 0 Å². The van der Waals surface area contributed by atoms with Crippen molar-refractivity contribution in [2.75, 3.05) is 0 Å². The Balaban J connectivity index is 0.00000289. The summed E-state index contributed by atoms with van der Waals surface area (Å²) in [6.07, 6.45) is -4.71. The number of ether oxygens (including phenoxy) is 1. The second kappa shape index (κ2) is 5.77. The van der Waals surface area contributed by atoms with Crippen LogP contribution in [0.4, 0.5) is 13.2 Å². The number of rotatable bonds is 3. The summed E-state index contributed by atoms with van der Waals surface area (Å²) in [6.45, 7) is 3.05. The molecule has 0 aliphatic rings. The normalized spacial score (nSPS) is 13.7. The summed E-state index contributed by atoms with van der Waals surface area (Å²) < 4.78 is 39.4. The Bertz CT molecular complexity index is 373. The van der Waals surface area contributed by atoms with Crippen LogP contribution in [0.3, 0.4) is 0 Å². The average molecular weight is 286 g/mol. The van der Waals surface area contributed by atoms with Crippen molar-refractivity contribution in [2.45, 2.75) is 31.9 Å². The number of hydrogen-bond acceptors (Lipinski definition) is 3. The number of hydrogen-bond donors (Lipinski definition) is 2. The monoisotopic (exact) mass is 285 g/mol. The lowest BCUT2D eigenvalue weighted by molar-refractivity contribution is -0.274. The predicted molar refractivity (Wildman–Crippen MR) is 63.6 cm³/mol. The fourth-order valence-corrected chi connectivity index (χ4v) is 1.28. The van der Waals surface area contributed by atoms with Crippen LogP contribution in [-0.4, -0.2) is 17.1 Å². The van der Waals surface area contributed by atoms with Crippen LogP contribution in [0.2, 0.25) is 0 Å². The Morgan fingerprint density at radius 3 is 1.94 bits per heavy atom. The Labute approximate surface area is 109 Å². The molecule has 1 aromatic rings. The summed E-state index contributed by atoms with van der Waals surface area (Å²) >= 11 is 0. The van der Waals surface area contributed by atoms with E-state index in [1.165, 1.54) is 26.0 Å². The summed E-state index contributed by atoms with van der Waals surface area (Å²) in [5.41, 5.74) is 5.12. The molecule has 0 radical (unpaired) electrons. The van der Waals surface area contributed by atoms with Crippen LogP contribution >= 0.6 is 12.4 Å². The van der Waals surface area contributed by atoms with Gasteiger partial charge in [0, 0.05) is 0 Å². The summed E-state index contributed by atoms with van der Waals surface area (Å²) in [4.78, 5) is 0.